The van der Waals surface area contributed by atoms with Crippen LogP contribution < -0.4 is 0 Å². The first kappa shape index (κ1) is 27.7. The van der Waals surface area contributed by atoms with E-state index in [9.17, 15) is 0 Å². The van der Waals surface area contributed by atoms with Crippen molar-refractivity contribution in [2.45, 2.75) is 117 Å². The molecule has 3 rings (SSSR count). The van der Waals surface area contributed by atoms with Gasteiger partial charge in [-0.1, -0.05) is 134 Å². The number of aromatic amines is 1. The van der Waals surface area contributed by atoms with Crippen molar-refractivity contribution in [2.24, 2.45) is 0 Å². The van der Waals surface area contributed by atoms with Gasteiger partial charge in [-0.3, -0.25) is 5.10 Å². The minimum Gasteiger partial charge on any atom is -0.377 e. The highest BCUT2D eigenvalue weighted by Crippen LogP contribution is 2.32. The van der Waals surface area contributed by atoms with Gasteiger partial charge in [0, 0.05) is 17.6 Å². The van der Waals surface area contributed by atoms with Crippen LogP contribution in [-0.2, 0) is 16.8 Å². The van der Waals surface area contributed by atoms with E-state index in [0.717, 1.165) is 29.8 Å². The number of aromatic nitrogens is 4. The monoisotopic (exact) mass is 500 g/mol. The Morgan fingerprint density at radius 1 is 0.886 bits per heavy atom. The fourth-order valence-electron chi connectivity index (χ4n) is 4.50. The molecule has 0 spiro atoms. The minimum atomic E-state index is -0.0980. The van der Waals surface area contributed by atoms with Crippen molar-refractivity contribution < 1.29 is 4.74 Å². The van der Waals surface area contributed by atoms with Crippen LogP contribution in [0.4, 0.5) is 0 Å². The Labute approximate surface area is 217 Å². The van der Waals surface area contributed by atoms with E-state index >= 15 is 0 Å². The Balaban J connectivity index is 1.38. The highest BCUT2D eigenvalue weighted by molar-refractivity contribution is 6.34. The van der Waals surface area contributed by atoms with Crippen LogP contribution in [0.3, 0.4) is 0 Å². The van der Waals surface area contributed by atoms with Gasteiger partial charge in [0.25, 0.3) is 0 Å². The van der Waals surface area contributed by atoms with Crippen LogP contribution in [0.2, 0.25) is 5.02 Å². The normalized spacial score (nSPS) is 12.1. The SMILES string of the molecule is CCCCCCCCCCCCCCOCc1ccccc1-c1nc2c(Cl)c(C(C)(C)C)[nH]n2n1. The second-order valence-corrected chi connectivity index (χ2v) is 11.2. The average Bonchev–Trinajstić information content (AvgIpc) is 3.39. The van der Waals surface area contributed by atoms with E-state index in [4.69, 9.17) is 21.3 Å². The topological polar surface area (TPSA) is 55.2 Å². The second kappa shape index (κ2) is 14.0. The molecular formula is C29H45ClN4O. The second-order valence-electron chi connectivity index (χ2n) is 10.8. The lowest BCUT2D eigenvalue weighted by atomic mass is 9.92. The molecule has 1 aromatic carbocycles. The molecule has 0 fully saturated rings. The number of halogens is 1. The van der Waals surface area contributed by atoms with E-state index in [2.05, 4.69) is 50.0 Å². The molecule has 6 heteroatoms. The van der Waals surface area contributed by atoms with E-state index in [1.807, 2.05) is 12.1 Å². The van der Waals surface area contributed by atoms with Crippen molar-refractivity contribution in [1.29, 1.82) is 0 Å². The van der Waals surface area contributed by atoms with E-state index in [-0.39, 0.29) is 5.41 Å². The van der Waals surface area contributed by atoms with Gasteiger partial charge in [-0.2, -0.15) is 4.63 Å². The lowest BCUT2D eigenvalue weighted by Crippen LogP contribution is -2.13. The minimum absolute atomic E-state index is 0.0980. The van der Waals surface area contributed by atoms with Crippen LogP contribution in [-0.4, -0.2) is 26.4 Å². The van der Waals surface area contributed by atoms with Crippen LogP contribution >= 0.6 is 11.6 Å². The van der Waals surface area contributed by atoms with Gasteiger partial charge in [0.1, 0.15) is 5.02 Å². The number of fused-ring (bicyclic) bond motifs is 1. The van der Waals surface area contributed by atoms with Crippen molar-refractivity contribution in [2.75, 3.05) is 6.61 Å². The summed E-state index contributed by atoms with van der Waals surface area (Å²) in [5.41, 5.74) is 3.61. The predicted octanol–water partition coefficient (Wildman–Crippen LogP) is 8.89. The molecular weight excluding hydrogens is 456 g/mol. The molecule has 2 aromatic heterocycles. The number of nitrogens with zero attached hydrogens (tertiary/aromatic N) is 3. The molecule has 2 heterocycles. The molecule has 0 radical (unpaired) electrons. The van der Waals surface area contributed by atoms with E-state index in [1.54, 1.807) is 4.63 Å². The molecule has 0 aliphatic carbocycles. The Morgan fingerprint density at radius 2 is 1.49 bits per heavy atom. The lowest BCUT2D eigenvalue weighted by Gasteiger charge is -2.16. The van der Waals surface area contributed by atoms with E-state index in [0.29, 0.717) is 23.1 Å². The van der Waals surface area contributed by atoms with Crippen molar-refractivity contribution in [3.63, 3.8) is 0 Å². The lowest BCUT2D eigenvalue weighted by molar-refractivity contribution is 0.117. The fourth-order valence-corrected chi connectivity index (χ4v) is 4.95. The highest BCUT2D eigenvalue weighted by Gasteiger charge is 2.24. The quantitative estimate of drug-likeness (QED) is 0.200. The maximum atomic E-state index is 6.61. The molecule has 0 aliphatic heterocycles. The van der Waals surface area contributed by atoms with Crippen LogP contribution in [0.15, 0.2) is 24.3 Å². The summed E-state index contributed by atoms with van der Waals surface area (Å²) in [6.07, 6.45) is 16.2. The number of nitrogens with one attached hydrogen (secondary N) is 1. The first-order valence-corrected chi connectivity index (χ1v) is 14.1. The summed E-state index contributed by atoms with van der Waals surface area (Å²) in [7, 11) is 0. The summed E-state index contributed by atoms with van der Waals surface area (Å²) in [5.74, 6) is 0.670. The van der Waals surface area contributed by atoms with Crippen LogP contribution in [0, 0.1) is 0 Å². The number of H-pyrrole nitrogens is 1. The van der Waals surface area contributed by atoms with Gasteiger partial charge in [0.2, 0.25) is 0 Å². The van der Waals surface area contributed by atoms with Gasteiger partial charge in [0.15, 0.2) is 11.5 Å². The summed E-state index contributed by atoms with van der Waals surface area (Å²) in [4.78, 5) is 4.73. The van der Waals surface area contributed by atoms with Crippen molar-refractivity contribution in [1.82, 2.24) is 19.8 Å². The maximum absolute atomic E-state index is 6.61. The predicted molar refractivity (Wildman–Crippen MR) is 147 cm³/mol. The number of rotatable bonds is 16. The molecule has 3 aromatic rings. The van der Waals surface area contributed by atoms with Gasteiger partial charge in [0.05, 0.1) is 12.3 Å². The van der Waals surface area contributed by atoms with Crippen LogP contribution in [0.5, 0.6) is 0 Å². The third-order valence-corrected chi connectivity index (χ3v) is 7.01. The molecule has 5 nitrogen and oxygen atoms in total. The van der Waals surface area contributed by atoms with Crippen molar-refractivity contribution >= 4 is 17.2 Å². The fraction of sp³-hybridized carbons (Fsp3) is 0.655. The number of ether oxygens (including phenoxy) is 1. The molecule has 0 amide bonds. The van der Waals surface area contributed by atoms with Crippen molar-refractivity contribution in [3.05, 3.63) is 40.5 Å². The molecule has 0 atom stereocenters. The number of benzene rings is 1. The van der Waals surface area contributed by atoms with Gasteiger partial charge >= 0.3 is 0 Å². The summed E-state index contributed by atoms with van der Waals surface area (Å²) in [5, 5.41) is 8.59. The molecule has 0 saturated heterocycles. The smallest absolute Gasteiger partial charge is 0.194 e. The van der Waals surface area contributed by atoms with E-state index in [1.165, 1.54) is 70.6 Å². The molecule has 0 bridgehead atoms. The molecule has 194 valence electrons. The van der Waals surface area contributed by atoms with Gasteiger partial charge in [-0.05, 0) is 12.0 Å². The van der Waals surface area contributed by atoms with E-state index < -0.39 is 0 Å². The third-order valence-electron chi connectivity index (χ3n) is 6.65. The van der Waals surface area contributed by atoms with Crippen molar-refractivity contribution in [3.8, 4) is 11.4 Å². The number of hydrogen-bond acceptors (Lipinski definition) is 3. The number of unbranched alkanes of at least 4 members (excludes halogenated alkanes) is 11. The standard InChI is InChI=1S/C29H45ClN4O/c1-5-6-7-8-9-10-11-12-13-14-15-18-21-35-22-23-19-16-17-20-24(23)27-31-28-25(30)26(29(2,3)4)32-34(28)33-27/h16-17,19-20,32H,5-15,18,21-22H2,1-4H3. The first-order chi connectivity index (χ1) is 16.9. The Kier molecular flexibility index (Phi) is 11.1. The molecule has 0 aliphatic rings. The summed E-state index contributed by atoms with van der Waals surface area (Å²) in [6, 6.07) is 8.20. The summed E-state index contributed by atoms with van der Waals surface area (Å²) >= 11 is 6.61. The van der Waals surface area contributed by atoms with Crippen LogP contribution in [0.25, 0.3) is 17.0 Å². The average molecular weight is 501 g/mol. The molecule has 35 heavy (non-hydrogen) atoms. The zero-order valence-electron chi connectivity index (χ0n) is 22.3. The zero-order valence-corrected chi connectivity index (χ0v) is 23.1. The Hall–Kier alpha value is -1.85. The zero-order chi connectivity index (χ0) is 25.1. The highest BCUT2D eigenvalue weighted by atomic mass is 35.5. The Morgan fingerprint density at radius 3 is 2.09 bits per heavy atom. The summed E-state index contributed by atoms with van der Waals surface area (Å²) < 4.78 is 7.70. The van der Waals surface area contributed by atoms with Gasteiger partial charge in [-0.15, -0.1) is 5.10 Å². The largest absolute Gasteiger partial charge is 0.377 e. The molecule has 0 unspecified atom stereocenters. The first-order valence-electron chi connectivity index (χ1n) is 13.7. The maximum Gasteiger partial charge on any atom is 0.194 e. The van der Waals surface area contributed by atoms with Gasteiger partial charge < -0.3 is 4.74 Å². The van der Waals surface area contributed by atoms with Gasteiger partial charge in [-0.25, -0.2) is 4.98 Å². The summed E-state index contributed by atoms with van der Waals surface area (Å²) in [6.45, 7) is 10.0. The number of hydrogen-bond donors (Lipinski definition) is 1. The third kappa shape index (κ3) is 8.35. The molecule has 1 N–H and O–H groups in total. The molecule has 0 saturated carbocycles. The Bertz CT molecular complexity index is 1020. The van der Waals surface area contributed by atoms with Crippen LogP contribution in [0.1, 0.15) is 116 Å².